The van der Waals surface area contributed by atoms with Crippen molar-refractivity contribution in [2.24, 2.45) is 0 Å². The van der Waals surface area contributed by atoms with Crippen molar-refractivity contribution in [2.75, 3.05) is 13.1 Å². The van der Waals surface area contributed by atoms with E-state index in [0.717, 1.165) is 16.0 Å². The molecule has 7 nitrogen and oxygen atoms in total. The van der Waals surface area contributed by atoms with Gasteiger partial charge in [-0.3, -0.25) is 14.5 Å². The molecule has 0 radical (unpaired) electrons. The highest BCUT2D eigenvalue weighted by Crippen LogP contribution is 2.36. The number of imide groups is 1. The lowest BCUT2D eigenvalue weighted by Gasteiger charge is -2.18. The van der Waals surface area contributed by atoms with E-state index in [-0.39, 0.29) is 17.9 Å². The second-order valence-electron chi connectivity index (χ2n) is 6.40. The van der Waals surface area contributed by atoms with Crippen molar-refractivity contribution in [3.8, 4) is 11.1 Å². The molecule has 27 heavy (non-hydrogen) atoms. The van der Waals surface area contributed by atoms with Gasteiger partial charge in [-0.15, -0.1) is 0 Å². The average Bonchev–Trinajstić information content (AvgIpc) is 3.23. The van der Waals surface area contributed by atoms with Crippen LogP contribution in [0.5, 0.6) is 0 Å². The third kappa shape index (κ3) is 2.77. The number of rotatable bonds is 3. The summed E-state index contributed by atoms with van der Waals surface area (Å²) in [6.07, 6.45) is -1.11. The fourth-order valence-corrected chi connectivity index (χ4v) is 3.34. The number of fused-ring (bicyclic) bond motifs is 3. The molecule has 7 heteroatoms. The van der Waals surface area contributed by atoms with E-state index in [4.69, 9.17) is 4.74 Å². The SMILES string of the molecule is CC(OC(=O)c1ccc2c(c1)C(=O)c1ccccc1-2)C(=O)N1CCNC1=O. The van der Waals surface area contributed by atoms with E-state index in [1.54, 1.807) is 24.3 Å². The van der Waals surface area contributed by atoms with E-state index in [9.17, 15) is 19.2 Å². The van der Waals surface area contributed by atoms with Crippen LogP contribution >= 0.6 is 0 Å². The Labute approximate surface area is 154 Å². The van der Waals surface area contributed by atoms with E-state index in [0.29, 0.717) is 17.7 Å². The molecule has 1 fully saturated rings. The third-order valence-electron chi connectivity index (χ3n) is 4.72. The largest absolute Gasteiger partial charge is 0.449 e. The first-order valence-corrected chi connectivity index (χ1v) is 8.55. The van der Waals surface area contributed by atoms with E-state index in [2.05, 4.69) is 5.32 Å². The molecule has 0 bridgehead atoms. The summed E-state index contributed by atoms with van der Waals surface area (Å²) < 4.78 is 5.21. The zero-order chi connectivity index (χ0) is 19.1. The Morgan fingerprint density at radius 3 is 2.44 bits per heavy atom. The van der Waals surface area contributed by atoms with Crippen LogP contribution in [0, 0.1) is 0 Å². The van der Waals surface area contributed by atoms with Crippen LogP contribution in [-0.2, 0) is 9.53 Å². The van der Waals surface area contributed by atoms with Crippen LogP contribution in [-0.4, -0.2) is 47.8 Å². The molecular formula is C20H16N2O5. The highest BCUT2D eigenvalue weighted by molar-refractivity contribution is 6.22. The number of hydrogen-bond donors (Lipinski definition) is 1. The summed E-state index contributed by atoms with van der Waals surface area (Å²) in [5.41, 5.74) is 2.82. The van der Waals surface area contributed by atoms with Gasteiger partial charge in [-0.1, -0.05) is 30.3 Å². The van der Waals surface area contributed by atoms with Crippen molar-refractivity contribution in [3.63, 3.8) is 0 Å². The first kappa shape index (κ1) is 17.0. The molecule has 1 aliphatic carbocycles. The summed E-state index contributed by atoms with van der Waals surface area (Å²) >= 11 is 0. The van der Waals surface area contributed by atoms with Crippen molar-refractivity contribution in [2.45, 2.75) is 13.0 Å². The zero-order valence-corrected chi connectivity index (χ0v) is 14.5. The number of amides is 3. The van der Waals surface area contributed by atoms with Crippen molar-refractivity contribution >= 4 is 23.7 Å². The lowest BCUT2D eigenvalue weighted by Crippen LogP contribution is -2.41. The molecule has 0 saturated carbocycles. The van der Waals surface area contributed by atoms with Gasteiger partial charge in [0.2, 0.25) is 0 Å². The van der Waals surface area contributed by atoms with Gasteiger partial charge < -0.3 is 10.1 Å². The standard InChI is InChI=1S/C20H16N2O5/c1-11(18(24)22-9-8-21-20(22)26)27-19(25)12-6-7-14-13-4-2-3-5-15(13)17(23)16(14)10-12/h2-7,10-11H,8-9H2,1H3,(H,21,26). The fourth-order valence-electron chi connectivity index (χ4n) is 3.34. The van der Waals surface area contributed by atoms with Gasteiger partial charge >= 0.3 is 12.0 Å². The topological polar surface area (TPSA) is 92.8 Å². The minimum absolute atomic E-state index is 0.145. The van der Waals surface area contributed by atoms with E-state index >= 15 is 0 Å². The summed E-state index contributed by atoms with van der Waals surface area (Å²) in [7, 11) is 0. The van der Waals surface area contributed by atoms with Crippen LogP contribution < -0.4 is 5.32 Å². The maximum atomic E-state index is 12.5. The number of ether oxygens (including phenoxy) is 1. The second-order valence-corrected chi connectivity index (χ2v) is 6.40. The first-order valence-electron chi connectivity index (χ1n) is 8.55. The molecule has 3 amide bonds. The molecule has 2 aromatic carbocycles. The van der Waals surface area contributed by atoms with Crippen LogP contribution in [0.4, 0.5) is 4.79 Å². The number of benzene rings is 2. The average molecular weight is 364 g/mol. The maximum absolute atomic E-state index is 12.5. The molecule has 2 aliphatic rings. The highest BCUT2D eigenvalue weighted by Gasteiger charge is 2.32. The monoisotopic (exact) mass is 364 g/mol. The molecule has 2 aromatic rings. The first-order chi connectivity index (χ1) is 13.0. The van der Waals surface area contributed by atoms with Crippen molar-refractivity contribution < 1.29 is 23.9 Å². The van der Waals surface area contributed by atoms with Gasteiger partial charge in [-0.25, -0.2) is 9.59 Å². The Bertz CT molecular complexity index is 998. The molecule has 1 N–H and O–H groups in total. The predicted molar refractivity (Wildman–Crippen MR) is 95.3 cm³/mol. The van der Waals surface area contributed by atoms with Gasteiger partial charge in [0.05, 0.1) is 5.56 Å². The number of carbonyl (C=O) groups is 4. The Hall–Kier alpha value is -3.48. The minimum Gasteiger partial charge on any atom is -0.449 e. The molecule has 0 spiro atoms. The Morgan fingerprint density at radius 1 is 1.04 bits per heavy atom. The quantitative estimate of drug-likeness (QED) is 0.718. The van der Waals surface area contributed by atoms with Crippen LogP contribution in [0.25, 0.3) is 11.1 Å². The Balaban J connectivity index is 1.53. The number of carbonyl (C=O) groups excluding carboxylic acids is 4. The van der Waals surface area contributed by atoms with Crippen LogP contribution in [0.15, 0.2) is 42.5 Å². The second kappa shape index (κ2) is 6.35. The molecule has 4 rings (SSSR count). The van der Waals surface area contributed by atoms with Crippen LogP contribution in [0.3, 0.4) is 0 Å². The molecule has 0 aromatic heterocycles. The van der Waals surface area contributed by atoms with Gasteiger partial charge in [-0.2, -0.15) is 0 Å². The molecule has 1 unspecified atom stereocenters. The minimum atomic E-state index is -1.11. The molecule has 136 valence electrons. The molecule has 1 heterocycles. The summed E-state index contributed by atoms with van der Waals surface area (Å²) in [6, 6.07) is 11.5. The highest BCUT2D eigenvalue weighted by atomic mass is 16.5. The van der Waals surface area contributed by atoms with Gasteiger partial charge in [0, 0.05) is 24.2 Å². The lowest BCUT2D eigenvalue weighted by molar-refractivity contribution is -0.136. The van der Waals surface area contributed by atoms with E-state index in [1.807, 2.05) is 12.1 Å². The smallest absolute Gasteiger partial charge is 0.338 e. The molecule has 1 saturated heterocycles. The maximum Gasteiger partial charge on any atom is 0.338 e. The third-order valence-corrected chi connectivity index (χ3v) is 4.72. The van der Waals surface area contributed by atoms with Gasteiger partial charge in [-0.05, 0) is 30.2 Å². The summed E-state index contributed by atoms with van der Waals surface area (Å²) in [4.78, 5) is 49.8. The number of nitrogens with one attached hydrogen (secondary N) is 1. The number of ketones is 1. The lowest BCUT2D eigenvalue weighted by atomic mass is 10.0. The van der Waals surface area contributed by atoms with Crippen molar-refractivity contribution in [1.82, 2.24) is 10.2 Å². The normalized spacial score (nSPS) is 15.8. The van der Waals surface area contributed by atoms with Gasteiger partial charge in [0.25, 0.3) is 5.91 Å². The number of hydrogen-bond acceptors (Lipinski definition) is 5. The Kier molecular flexibility index (Phi) is 3.99. The van der Waals surface area contributed by atoms with Gasteiger partial charge in [0.15, 0.2) is 11.9 Å². The van der Waals surface area contributed by atoms with Crippen LogP contribution in [0.2, 0.25) is 0 Å². The summed E-state index contributed by atoms with van der Waals surface area (Å²) in [5.74, 6) is -1.45. The van der Waals surface area contributed by atoms with Gasteiger partial charge in [0.1, 0.15) is 0 Å². The number of nitrogens with zero attached hydrogens (tertiary/aromatic N) is 1. The molecular weight excluding hydrogens is 348 g/mol. The predicted octanol–water partition coefficient (Wildman–Crippen LogP) is 2.00. The molecule has 1 aliphatic heterocycles. The number of urea groups is 1. The van der Waals surface area contributed by atoms with Crippen molar-refractivity contribution in [1.29, 1.82) is 0 Å². The van der Waals surface area contributed by atoms with E-state index < -0.39 is 24.0 Å². The summed E-state index contributed by atoms with van der Waals surface area (Å²) in [6.45, 7) is 2.03. The number of esters is 1. The van der Waals surface area contributed by atoms with Crippen LogP contribution in [0.1, 0.15) is 33.2 Å². The Morgan fingerprint density at radius 2 is 1.74 bits per heavy atom. The van der Waals surface area contributed by atoms with Crippen molar-refractivity contribution in [3.05, 3.63) is 59.2 Å². The summed E-state index contributed by atoms with van der Waals surface area (Å²) in [5, 5.41) is 2.52. The fraction of sp³-hybridized carbons (Fsp3) is 0.200. The molecule has 1 atom stereocenters. The van der Waals surface area contributed by atoms with E-state index in [1.165, 1.54) is 13.0 Å². The zero-order valence-electron chi connectivity index (χ0n) is 14.5.